The maximum atomic E-state index is 12.8. The third-order valence-electron chi connectivity index (χ3n) is 5.36. The number of benzene rings is 1. The van der Waals surface area contributed by atoms with Crippen LogP contribution in [0.4, 0.5) is 0 Å². The monoisotopic (exact) mass is 379 g/mol. The van der Waals surface area contributed by atoms with Crippen LogP contribution >= 0.6 is 0 Å². The Morgan fingerprint density at radius 1 is 1.07 bits per heavy atom. The van der Waals surface area contributed by atoms with E-state index in [0.717, 1.165) is 37.2 Å². The molecule has 1 saturated heterocycles. The number of aromatic nitrogens is 4. The van der Waals surface area contributed by atoms with Gasteiger partial charge in [-0.2, -0.15) is 5.10 Å². The van der Waals surface area contributed by atoms with Crippen molar-refractivity contribution in [3.05, 3.63) is 52.7 Å². The molecule has 1 fully saturated rings. The molecule has 0 atom stereocenters. The molecule has 1 aromatic carbocycles. The molecule has 28 heavy (non-hydrogen) atoms. The highest BCUT2D eigenvalue weighted by Crippen LogP contribution is 2.15. The van der Waals surface area contributed by atoms with Gasteiger partial charge in [0.05, 0.1) is 18.2 Å². The fourth-order valence-electron chi connectivity index (χ4n) is 3.68. The van der Waals surface area contributed by atoms with Gasteiger partial charge in [-0.15, -0.1) is 0 Å². The molecule has 0 saturated carbocycles. The van der Waals surface area contributed by atoms with Crippen LogP contribution in [-0.4, -0.2) is 43.2 Å². The number of nitrogens with zero attached hydrogens (tertiary/aromatic N) is 5. The first kappa shape index (κ1) is 18.4. The SMILES string of the molecule is Cc1ccc(-n2ncc3c(=O)n(CCC(=O)N4CCCCCC4)cnc32)cc1. The molecule has 0 unspecified atom stereocenters. The van der Waals surface area contributed by atoms with E-state index in [-0.39, 0.29) is 11.5 Å². The number of aryl methyl sites for hydroxylation is 2. The average Bonchev–Trinajstić information content (AvgIpc) is 2.95. The standard InChI is InChI=1S/C21H25N5O2/c1-16-6-8-17(9-7-16)26-20-18(14-23-26)21(28)25(15-22-20)13-10-19(27)24-11-4-2-3-5-12-24/h6-9,14-15H,2-5,10-13H2,1H3. The van der Waals surface area contributed by atoms with Crippen molar-refractivity contribution in [1.82, 2.24) is 24.2 Å². The lowest BCUT2D eigenvalue weighted by Gasteiger charge is -2.20. The number of rotatable bonds is 4. The molecule has 2 aromatic heterocycles. The summed E-state index contributed by atoms with van der Waals surface area (Å²) in [6.07, 6.45) is 7.90. The van der Waals surface area contributed by atoms with Gasteiger partial charge in [0.1, 0.15) is 5.39 Å². The largest absolute Gasteiger partial charge is 0.343 e. The first-order chi connectivity index (χ1) is 13.6. The Morgan fingerprint density at radius 2 is 1.79 bits per heavy atom. The molecule has 0 spiro atoms. The van der Waals surface area contributed by atoms with Crippen LogP contribution in [0.1, 0.15) is 37.7 Å². The molecule has 146 valence electrons. The highest BCUT2D eigenvalue weighted by atomic mass is 16.2. The molecule has 7 heteroatoms. The molecule has 0 N–H and O–H groups in total. The van der Waals surface area contributed by atoms with Crippen LogP contribution in [0.3, 0.4) is 0 Å². The fraction of sp³-hybridized carbons (Fsp3) is 0.429. The Bertz CT molecular complexity index is 1030. The van der Waals surface area contributed by atoms with Gasteiger partial charge in [0, 0.05) is 26.1 Å². The lowest BCUT2D eigenvalue weighted by atomic mass is 10.2. The van der Waals surface area contributed by atoms with Gasteiger partial charge in [-0.05, 0) is 31.9 Å². The number of fused-ring (bicyclic) bond motifs is 1. The van der Waals surface area contributed by atoms with Crippen LogP contribution in [0.25, 0.3) is 16.7 Å². The number of carbonyl (C=O) groups is 1. The molecule has 1 amide bonds. The third kappa shape index (κ3) is 3.69. The number of carbonyl (C=O) groups excluding carboxylic acids is 1. The molecule has 0 radical (unpaired) electrons. The summed E-state index contributed by atoms with van der Waals surface area (Å²) >= 11 is 0. The van der Waals surface area contributed by atoms with Crippen molar-refractivity contribution in [3.63, 3.8) is 0 Å². The molecular formula is C21H25N5O2. The van der Waals surface area contributed by atoms with E-state index >= 15 is 0 Å². The third-order valence-corrected chi connectivity index (χ3v) is 5.36. The van der Waals surface area contributed by atoms with Crippen molar-refractivity contribution in [2.75, 3.05) is 13.1 Å². The van der Waals surface area contributed by atoms with Gasteiger partial charge < -0.3 is 4.90 Å². The van der Waals surface area contributed by atoms with Gasteiger partial charge in [0.25, 0.3) is 5.56 Å². The minimum Gasteiger partial charge on any atom is -0.343 e. The molecule has 1 aliphatic rings. The Kier molecular flexibility index (Phi) is 5.23. The average molecular weight is 379 g/mol. The van der Waals surface area contributed by atoms with Gasteiger partial charge in [0.15, 0.2) is 5.65 Å². The summed E-state index contributed by atoms with van der Waals surface area (Å²) in [6.45, 7) is 4.02. The molecular weight excluding hydrogens is 354 g/mol. The summed E-state index contributed by atoms with van der Waals surface area (Å²) in [5.74, 6) is 0.115. The number of hydrogen-bond acceptors (Lipinski definition) is 4. The van der Waals surface area contributed by atoms with Crippen molar-refractivity contribution in [3.8, 4) is 5.69 Å². The zero-order chi connectivity index (χ0) is 19.5. The summed E-state index contributed by atoms with van der Waals surface area (Å²) in [6, 6.07) is 7.90. The van der Waals surface area contributed by atoms with E-state index in [2.05, 4.69) is 10.1 Å². The maximum absolute atomic E-state index is 12.8. The van der Waals surface area contributed by atoms with Crippen molar-refractivity contribution < 1.29 is 4.79 Å². The van der Waals surface area contributed by atoms with E-state index in [4.69, 9.17) is 0 Å². The molecule has 1 aliphatic heterocycles. The van der Waals surface area contributed by atoms with Crippen LogP contribution in [0, 0.1) is 6.92 Å². The minimum absolute atomic E-state index is 0.115. The van der Waals surface area contributed by atoms with E-state index in [0.29, 0.717) is 24.0 Å². The van der Waals surface area contributed by atoms with Gasteiger partial charge in [-0.1, -0.05) is 30.5 Å². The first-order valence-electron chi connectivity index (χ1n) is 9.91. The first-order valence-corrected chi connectivity index (χ1v) is 9.91. The summed E-state index contributed by atoms with van der Waals surface area (Å²) in [7, 11) is 0. The molecule has 7 nitrogen and oxygen atoms in total. The van der Waals surface area contributed by atoms with Crippen molar-refractivity contribution in [2.45, 2.75) is 45.6 Å². The van der Waals surface area contributed by atoms with Crippen molar-refractivity contribution in [1.29, 1.82) is 0 Å². The lowest BCUT2D eigenvalue weighted by molar-refractivity contribution is -0.131. The van der Waals surface area contributed by atoms with E-state index in [1.165, 1.54) is 23.7 Å². The number of likely N-dealkylation sites (tertiary alicyclic amines) is 1. The quantitative estimate of drug-likeness (QED) is 0.699. The van der Waals surface area contributed by atoms with Crippen LogP contribution in [0.15, 0.2) is 41.6 Å². The second-order valence-electron chi connectivity index (χ2n) is 7.42. The summed E-state index contributed by atoms with van der Waals surface area (Å²) in [5, 5.41) is 4.81. The Balaban J connectivity index is 1.53. The van der Waals surface area contributed by atoms with E-state index in [1.54, 1.807) is 10.9 Å². The van der Waals surface area contributed by atoms with Gasteiger partial charge in [-0.25, -0.2) is 9.67 Å². The fourth-order valence-corrected chi connectivity index (χ4v) is 3.68. The highest BCUT2D eigenvalue weighted by molar-refractivity contribution is 5.76. The predicted molar refractivity (Wildman–Crippen MR) is 108 cm³/mol. The Hall–Kier alpha value is -2.96. The predicted octanol–water partition coefficient (Wildman–Crippen LogP) is 2.68. The van der Waals surface area contributed by atoms with E-state index in [1.807, 2.05) is 36.1 Å². The molecule has 3 heterocycles. The van der Waals surface area contributed by atoms with Gasteiger partial charge in [0.2, 0.25) is 5.91 Å². The number of hydrogen-bond donors (Lipinski definition) is 0. The van der Waals surface area contributed by atoms with Gasteiger partial charge in [-0.3, -0.25) is 14.2 Å². The summed E-state index contributed by atoms with van der Waals surface area (Å²) < 4.78 is 3.18. The van der Waals surface area contributed by atoms with E-state index in [9.17, 15) is 9.59 Å². The topological polar surface area (TPSA) is 73.0 Å². The summed E-state index contributed by atoms with van der Waals surface area (Å²) in [4.78, 5) is 31.7. The lowest BCUT2D eigenvalue weighted by Crippen LogP contribution is -2.33. The summed E-state index contributed by atoms with van der Waals surface area (Å²) in [5.41, 5.74) is 2.39. The molecule has 0 aliphatic carbocycles. The van der Waals surface area contributed by atoms with E-state index < -0.39 is 0 Å². The number of amides is 1. The zero-order valence-electron chi connectivity index (χ0n) is 16.2. The zero-order valence-corrected chi connectivity index (χ0v) is 16.2. The molecule has 3 aromatic rings. The van der Waals surface area contributed by atoms with Gasteiger partial charge >= 0.3 is 0 Å². The van der Waals surface area contributed by atoms with Crippen LogP contribution in [-0.2, 0) is 11.3 Å². The second kappa shape index (κ2) is 7.96. The maximum Gasteiger partial charge on any atom is 0.264 e. The van der Waals surface area contributed by atoms with Crippen molar-refractivity contribution in [2.24, 2.45) is 0 Å². The second-order valence-corrected chi connectivity index (χ2v) is 7.42. The highest BCUT2D eigenvalue weighted by Gasteiger charge is 2.16. The Labute approximate surface area is 163 Å². The molecule has 0 bridgehead atoms. The Morgan fingerprint density at radius 3 is 2.50 bits per heavy atom. The molecule has 4 rings (SSSR count). The van der Waals surface area contributed by atoms with Crippen molar-refractivity contribution >= 4 is 16.9 Å². The minimum atomic E-state index is -0.160. The van der Waals surface area contributed by atoms with Crippen LogP contribution in [0.2, 0.25) is 0 Å². The van der Waals surface area contributed by atoms with Crippen LogP contribution < -0.4 is 5.56 Å². The van der Waals surface area contributed by atoms with Crippen LogP contribution in [0.5, 0.6) is 0 Å². The normalized spacial score (nSPS) is 15.0. The smallest absolute Gasteiger partial charge is 0.264 e.